The van der Waals surface area contributed by atoms with Gasteiger partial charge in [0.1, 0.15) is 17.7 Å². The highest BCUT2D eigenvalue weighted by Gasteiger charge is 2.28. The molecule has 1 heterocycles. The number of carbonyl (C=O) groups excluding carboxylic acids is 1. The van der Waals surface area contributed by atoms with Gasteiger partial charge < -0.3 is 5.32 Å². The van der Waals surface area contributed by atoms with E-state index in [-0.39, 0.29) is 11.6 Å². The molecule has 0 aliphatic carbocycles. The number of halogens is 5. The van der Waals surface area contributed by atoms with E-state index in [1.807, 2.05) is 5.32 Å². The lowest BCUT2D eigenvalue weighted by molar-refractivity contribution is -0.122. The number of hydrogen-bond donors (Lipinski definition) is 1. The molecule has 0 fully saturated rings. The van der Waals surface area contributed by atoms with Crippen LogP contribution in [0.2, 0.25) is 5.15 Å². The molecule has 0 aliphatic heterocycles. The minimum atomic E-state index is -3.11. The lowest BCUT2D eigenvalue weighted by Crippen LogP contribution is -2.34. The van der Waals surface area contributed by atoms with E-state index in [0.717, 1.165) is 12.1 Å². The fraction of sp³-hybridized carbons (Fsp3) is 0.286. The molecule has 0 aliphatic rings. The first-order chi connectivity index (χ1) is 10.8. The average molecular weight is 350 g/mol. The van der Waals surface area contributed by atoms with Gasteiger partial charge >= 0.3 is 0 Å². The van der Waals surface area contributed by atoms with Crippen molar-refractivity contribution in [2.75, 3.05) is 0 Å². The minimum absolute atomic E-state index is 0.0631. The molecular weight excluding hydrogens is 338 g/mol. The van der Waals surface area contributed by atoms with E-state index in [1.165, 1.54) is 10.9 Å². The van der Waals surface area contributed by atoms with E-state index in [4.69, 9.17) is 11.6 Å². The zero-order valence-electron chi connectivity index (χ0n) is 11.9. The molecule has 124 valence electrons. The highest BCUT2D eigenvalue weighted by atomic mass is 35.5. The van der Waals surface area contributed by atoms with Crippen LogP contribution in [0.1, 0.15) is 17.2 Å². The van der Waals surface area contributed by atoms with Gasteiger partial charge in [-0.1, -0.05) is 11.6 Å². The van der Waals surface area contributed by atoms with Crippen LogP contribution in [-0.2, 0) is 18.3 Å². The van der Waals surface area contributed by atoms with Crippen molar-refractivity contribution >= 4 is 17.5 Å². The van der Waals surface area contributed by atoms with Crippen LogP contribution in [-0.4, -0.2) is 22.1 Å². The van der Waals surface area contributed by atoms with Crippen molar-refractivity contribution in [2.24, 2.45) is 7.05 Å². The maximum atomic E-state index is 13.6. The molecule has 0 saturated carbocycles. The van der Waals surface area contributed by atoms with Crippen LogP contribution in [0, 0.1) is 11.6 Å². The van der Waals surface area contributed by atoms with Gasteiger partial charge in [-0.15, -0.1) is 0 Å². The summed E-state index contributed by atoms with van der Waals surface area (Å²) in [6, 6.07) is 0.195. The van der Waals surface area contributed by atoms with Crippen molar-refractivity contribution in [2.45, 2.75) is 18.9 Å². The fourth-order valence-electron chi connectivity index (χ4n) is 2.06. The quantitative estimate of drug-likeness (QED) is 0.843. The molecule has 2 rings (SSSR count). The molecule has 0 saturated heterocycles. The number of hydrogen-bond acceptors (Lipinski definition) is 2. The molecule has 1 amide bonds. The zero-order chi connectivity index (χ0) is 17.1. The van der Waals surface area contributed by atoms with Crippen molar-refractivity contribution in [3.8, 4) is 0 Å². The number of nitrogens with one attached hydrogen (secondary N) is 1. The van der Waals surface area contributed by atoms with E-state index in [9.17, 15) is 22.4 Å². The number of aromatic nitrogens is 2. The SMILES string of the molecule is Cn1cc(CC(=O)NC(c2cc(F)ccc2F)C(F)F)c(Cl)n1. The van der Waals surface area contributed by atoms with Gasteiger partial charge in [-0.05, 0) is 18.2 Å². The van der Waals surface area contributed by atoms with Crippen LogP contribution < -0.4 is 5.32 Å². The van der Waals surface area contributed by atoms with Crippen molar-refractivity contribution in [1.82, 2.24) is 15.1 Å². The van der Waals surface area contributed by atoms with Crippen molar-refractivity contribution in [3.05, 3.63) is 52.3 Å². The van der Waals surface area contributed by atoms with E-state index < -0.39 is 35.6 Å². The Morgan fingerprint density at radius 3 is 2.65 bits per heavy atom. The summed E-state index contributed by atoms with van der Waals surface area (Å²) < 4.78 is 54.4. The van der Waals surface area contributed by atoms with E-state index in [2.05, 4.69) is 5.10 Å². The van der Waals surface area contributed by atoms with Crippen molar-refractivity contribution in [3.63, 3.8) is 0 Å². The number of aryl methyl sites for hydroxylation is 1. The fourth-order valence-corrected chi connectivity index (χ4v) is 2.29. The van der Waals surface area contributed by atoms with Crippen LogP contribution >= 0.6 is 11.6 Å². The summed E-state index contributed by atoms with van der Waals surface area (Å²) in [4.78, 5) is 11.9. The van der Waals surface area contributed by atoms with Crippen LogP contribution in [0.4, 0.5) is 17.6 Å². The Labute approximate surface area is 134 Å². The predicted octanol–water partition coefficient (Wildman–Crippen LogP) is 3.02. The van der Waals surface area contributed by atoms with Crippen molar-refractivity contribution in [1.29, 1.82) is 0 Å². The Morgan fingerprint density at radius 1 is 1.39 bits per heavy atom. The molecule has 2 aromatic rings. The third kappa shape index (κ3) is 4.22. The molecule has 1 aromatic heterocycles. The molecule has 0 spiro atoms. The predicted molar refractivity (Wildman–Crippen MR) is 75.2 cm³/mol. The summed E-state index contributed by atoms with van der Waals surface area (Å²) in [6.07, 6.45) is -1.96. The van der Waals surface area contributed by atoms with E-state index in [1.54, 1.807) is 7.05 Å². The third-order valence-electron chi connectivity index (χ3n) is 3.07. The second-order valence-corrected chi connectivity index (χ2v) is 5.20. The van der Waals surface area contributed by atoms with Gasteiger partial charge in [0, 0.05) is 24.4 Å². The van der Waals surface area contributed by atoms with Gasteiger partial charge in [0.2, 0.25) is 5.91 Å². The minimum Gasteiger partial charge on any atom is -0.343 e. The first-order valence-electron chi connectivity index (χ1n) is 6.48. The van der Waals surface area contributed by atoms with Crippen LogP contribution in [0.3, 0.4) is 0 Å². The number of alkyl halides is 2. The summed E-state index contributed by atoms with van der Waals surface area (Å²) in [5.74, 6) is -2.72. The Morgan fingerprint density at radius 2 is 2.09 bits per heavy atom. The maximum absolute atomic E-state index is 13.6. The molecule has 1 aromatic carbocycles. The topological polar surface area (TPSA) is 46.9 Å². The first-order valence-corrected chi connectivity index (χ1v) is 6.86. The van der Waals surface area contributed by atoms with Crippen LogP contribution in [0.5, 0.6) is 0 Å². The second kappa shape index (κ2) is 6.99. The summed E-state index contributed by atoms with van der Waals surface area (Å²) >= 11 is 5.78. The average Bonchev–Trinajstić information content (AvgIpc) is 2.77. The number of rotatable bonds is 5. The number of nitrogens with zero attached hydrogens (tertiary/aromatic N) is 2. The van der Waals surface area contributed by atoms with Gasteiger partial charge in [0.05, 0.1) is 6.42 Å². The lowest BCUT2D eigenvalue weighted by Gasteiger charge is -2.19. The van der Waals surface area contributed by atoms with Gasteiger partial charge in [0.15, 0.2) is 5.15 Å². The van der Waals surface area contributed by atoms with E-state index in [0.29, 0.717) is 11.6 Å². The molecular formula is C14H12ClF4N3O. The second-order valence-electron chi connectivity index (χ2n) is 4.84. The summed E-state index contributed by atoms with van der Waals surface area (Å²) in [5, 5.41) is 5.86. The van der Waals surface area contributed by atoms with Gasteiger partial charge in [-0.25, -0.2) is 17.6 Å². The summed E-state index contributed by atoms with van der Waals surface area (Å²) in [7, 11) is 1.58. The van der Waals surface area contributed by atoms with Gasteiger partial charge in [-0.3, -0.25) is 9.48 Å². The molecule has 1 atom stereocenters. The largest absolute Gasteiger partial charge is 0.343 e. The first kappa shape index (κ1) is 17.3. The molecule has 0 bridgehead atoms. The number of benzene rings is 1. The Hall–Kier alpha value is -2.09. The van der Waals surface area contributed by atoms with Gasteiger partial charge in [0.25, 0.3) is 6.43 Å². The Kier molecular flexibility index (Phi) is 5.25. The maximum Gasteiger partial charge on any atom is 0.262 e. The Bertz CT molecular complexity index is 720. The standard InChI is InChI=1S/C14H12ClF4N3O/c1-22-6-7(13(15)21-22)4-11(23)20-12(14(18)19)9-5-8(16)2-3-10(9)17/h2-3,5-6,12,14H,4H2,1H3,(H,20,23). The molecule has 1 unspecified atom stereocenters. The van der Waals surface area contributed by atoms with Crippen LogP contribution in [0.15, 0.2) is 24.4 Å². The highest BCUT2D eigenvalue weighted by molar-refractivity contribution is 6.30. The van der Waals surface area contributed by atoms with Gasteiger partial charge in [-0.2, -0.15) is 5.10 Å². The molecule has 4 nitrogen and oxygen atoms in total. The molecule has 0 radical (unpaired) electrons. The number of amides is 1. The number of carbonyl (C=O) groups is 1. The van der Waals surface area contributed by atoms with Crippen molar-refractivity contribution < 1.29 is 22.4 Å². The molecule has 9 heteroatoms. The smallest absolute Gasteiger partial charge is 0.262 e. The monoisotopic (exact) mass is 349 g/mol. The summed E-state index contributed by atoms with van der Waals surface area (Å²) in [5.41, 5.74) is -0.287. The zero-order valence-corrected chi connectivity index (χ0v) is 12.6. The van der Waals surface area contributed by atoms with Crippen LogP contribution in [0.25, 0.3) is 0 Å². The lowest BCUT2D eigenvalue weighted by atomic mass is 10.1. The summed E-state index contributed by atoms with van der Waals surface area (Å²) in [6.45, 7) is 0. The highest BCUT2D eigenvalue weighted by Crippen LogP contribution is 2.24. The third-order valence-corrected chi connectivity index (χ3v) is 3.38. The Balaban J connectivity index is 2.18. The molecule has 1 N–H and O–H groups in total. The normalized spacial score (nSPS) is 12.5. The molecule has 23 heavy (non-hydrogen) atoms. The van der Waals surface area contributed by atoms with E-state index >= 15 is 0 Å².